The van der Waals surface area contributed by atoms with Gasteiger partial charge in [0.05, 0.1) is 6.07 Å². The van der Waals surface area contributed by atoms with Crippen molar-refractivity contribution >= 4 is 5.91 Å². The van der Waals surface area contributed by atoms with Gasteiger partial charge in [0.15, 0.2) is 0 Å². The average Bonchev–Trinajstić information content (AvgIpc) is 3.13. The van der Waals surface area contributed by atoms with Crippen molar-refractivity contribution in [2.75, 3.05) is 6.54 Å². The SMILES string of the molecule is Cc1ccc(C(=O)N(CC#N)C2CC2)cc1F. The molecule has 0 bridgehead atoms. The molecular formula is C13H13FN2O. The molecule has 1 aromatic carbocycles. The average molecular weight is 232 g/mol. The maximum Gasteiger partial charge on any atom is 0.255 e. The Morgan fingerprint density at radius 1 is 1.59 bits per heavy atom. The highest BCUT2D eigenvalue weighted by Crippen LogP contribution is 2.28. The van der Waals surface area contributed by atoms with Crippen LogP contribution < -0.4 is 0 Å². The number of amides is 1. The molecule has 0 saturated heterocycles. The van der Waals surface area contributed by atoms with Crippen LogP contribution in [0.4, 0.5) is 4.39 Å². The number of carbonyl (C=O) groups excluding carboxylic acids is 1. The lowest BCUT2D eigenvalue weighted by Gasteiger charge is -2.19. The van der Waals surface area contributed by atoms with Gasteiger partial charge in [-0.15, -0.1) is 0 Å². The minimum atomic E-state index is -0.386. The van der Waals surface area contributed by atoms with Crippen LogP contribution in [0.5, 0.6) is 0 Å². The molecule has 0 atom stereocenters. The van der Waals surface area contributed by atoms with Crippen LogP contribution in [0.1, 0.15) is 28.8 Å². The van der Waals surface area contributed by atoms with Gasteiger partial charge in [-0.25, -0.2) is 4.39 Å². The topological polar surface area (TPSA) is 44.1 Å². The van der Waals surface area contributed by atoms with Gasteiger partial charge in [0, 0.05) is 11.6 Å². The van der Waals surface area contributed by atoms with E-state index in [-0.39, 0.29) is 24.3 Å². The van der Waals surface area contributed by atoms with Crippen molar-refractivity contribution in [3.63, 3.8) is 0 Å². The molecule has 0 radical (unpaired) electrons. The number of benzene rings is 1. The number of hydrogen-bond donors (Lipinski definition) is 0. The molecule has 1 aliphatic rings. The largest absolute Gasteiger partial charge is 0.322 e. The summed E-state index contributed by atoms with van der Waals surface area (Å²) in [6, 6.07) is 6.56. The van der Waals surface area contributed by atoms with E-state index in [4.69, 9.17) is 5.26 Å². The van der Waals surface area contributed by atoms with E-state index in [1.165, 1.54) is 11.0 Å². The molecule has 0 aliphatic heterocycles. The van der Waals surface area contributed by atoms with Gasteiger partial charge in [-0.2, -0.15) is 5.26 Å². The lowest BCUT2D eigenvalue weighted by molar-refractivity contribution is 0.0764. The summed E-state index contributed by atoms with van der Waals surface area (Å²) in [7, 11) is 0. The molecule has 0 spiro atoms. The predicted molar refractivity (Wildman–Crippen MR) is 60.8 cm³/mol. The number of hydrogen-bond acceptors (Lipinski definition) is 2. The van der Waals surface area contributed by atoms with Crippen LogP contribution in [0.25, 0.3) is 0 Å². The van der Waals surface area contributed by atoms with Gasteiger partial charge in [-0.1, -0.05) is 6.07 Å². The lowest BCUT2D eigenvalue weighted by Crippen LogP contribution is -2.33. The van der Waals surface area contributed by atoms with Gasteiger partial charge >= 0.3 is 0 Å². The third-order valence-electron chi connectivity index (χ3n) is 2.91. The molecule has 1 amide bonds. The van der Waals surface area contributed by atoms with Crippen LogP contribution in [0, 0.1) is 24.1 Å². The van der Waals surface area contributed by atoms with Crippen molar-refractivity contribution in [3.05, 3.63) is 35.1 Å². The summed E-state index contributed by atoms with van der Waals surface area (Å²) in [5, 5.41) is 8.69. The fraction of sp³-hybridized carbons (Fsp3) is 0.385. The van der Waals surface area contributed by atoms with Gasteiger partial charge in [0.25, 0.3) is 5.91 Å². The summed E-state index contributed by atoms with van der Waals surface area (Å²) in [4.78, 5) is 13.6. The highest BCUT2D eigenvalue weighted by Gasteiger charge is 2.32. The summed E-state index contributed by atoms with van der Waals surface area (Å²) in [5.74, 6) is -0.642. The summed E-state index contributed by atoms with van der Waals surface area (Å²) < 4.78 is 13.4. The lowest BCUT2D eigenvalue weighted by atomic mass is 10.1. The number of carbonyl (C=O) groups is 1. The second kappa shape index (κ2) is 4.54. The summed E-state index contributed by atoms with van der Waals surface area (Å²) in [6.07, 6.45) is 1.86. The van der Waals surface area contributed by atoms with E-state index in [1.54, 1.807) is 19.1 Å². The van der Waals surface area contributed by atoms with E-state index in [0.29, 0.717) is 11.1 Å². The highest BCUT2D eigenvalue weighted by molar-refractivity contribution is 5.94. The van der Waals surface area contributed by atoms with Crippen molar-refractivity contribution in [2.24, 2.45) is 0 Å². The van der Waals surface area contributed by atoms with E-state index in [1.807, 2.05) is 6.07 Å². The van der Waals surface area contributed by atoms with Crippen molar-refractivity contribution in [1.29, 1.82) is 5.26 Å². The highest BCUT2D eigenvalue weighted by atomic mass is 19.1. The Balaban J connectivity index is 2.22. The van der Waals surface area contributed by atoms with Crippen molar-refractivity contribution < 1.29 is 9.18 Å². The van der Waals surface area contributed by atoms with E-state index >= 15 is 0 Å². The van der Waals surface area contributed by atoms with Crippen molar-refractivity contribution in [3.8, 4) is 6.07 Å². The molecule has 0 N–H and O–H groups in total. The molecule has 3 nitrogen and oxygen atoms in total. The fourth-order valence-corrected chi connectivity index (χ4v) is 1.72. The molecule has 2 rings (SSSR count). The third kappa shape index (κ3) is 2.44. The Morgan fingerprint density at radius 3 is 2.82 bits per heavy atom. The van der Waals surface area contributed by atoms with Gasteiger partial charge in [0.2, 0.25) is 0 Å². The molecule has 1 fully saturated rings. The Morgan fingerprint density at radius 2 is 2.29 bits per heavy atom. The zero-order valence-corrected chi connectivity index (χ0v) is 9.61. The number of halogens is 1. The molecule has 0 aromatic heterocycles. The van der Waals surface area contributed by atoms with E-state index in [2.05, 4.69) is 0 Å². The standard InChI is InChI=1S/C13H13FN2O/c1-9-2-3-10(8-12(9)14)13(17)16(7-6-15)11-4-5-11/h2-3,8,11H,4-5,7H2,1H3. The van der Waals surface area contributed by atoms with Crippen LogP contribution in [-0.4, -0.2) is 23.4 Å². The fourth-order valence-electron chi connectivity index (χ4n) is 1.72. The number of rotatable bonds is 3. The van der Waals surface area contributed by atoms with Crippen LogP contribution >= 0.6 is 0 Å². The third-order valence-corrected chi connectivity index (χ3v) is 2.91. The van der Waals surface area contributed by atoms with Gasteiger partial charge < -0.3 is 4.90 Å². The minimum Gasteiger partial charge on any atom is -0.322 e. The monoisotopic (exact) mass is 232 g/mol. The second-order valence-electron chi connectivity index (χ2n) is 4.29. The first-order valence-corrected chi connectivity index (χ1v) is 5.57. The number of aryl methyl sites for hydroxylation is 1. The second-order valence-corrected chi connectivity index (χ2v) is 4.29. The summed E-state index contributed by atoms with van der Waals surface area (Å²) in [6.45, 7) is 1.72. The molecule has 1 aromatic rings. The number of nitriles is 1. The van der Waals surface area contributed by atoms with Crippen LogP contribution in [0.15, 0.2) is 18.2 Å². The van der Waals surface area contributed by atoms with E-state index < -0.39 is 0 Å². The van der Waals surface area contributed by atoms with Crippen LogP contribution in [-0.2, 0) is 0 Å². The zero-order chi connectivity index (χ0) is 12.4. The Kier molecular flexibility index (Phi) is 3.10. The normalized spacial score (nSPS) is 14.2. The van der Waals surface area contributed by atoms with Crippen molar-refractivity contribution in [1.82, 2.24) is 4.90 Å². The van der Waals surface area contributed by atoms with Crippen LogP contribution in [0.2, 0.25) is 0 Å². The first-order valence-electron chi connectivity index (χ1n) is 5.57. The molecule has 1 aliphatic carbocycles. The molecule has 1 saturated carbocycles. The number of nitrogens with zero attached hydrogens (tertiary/aromatic N) is 2. The van der Waals surface area contributed by atoms with Crippen molar-refractivity contribution in [2.45, 2.75) is 25.8 Å². The smallest absolute Gasteiger partial charge is 0.255 e. The quantitative estimate of drug-likeness (QED) is 0.750. The Hall–Kier alpha value is -1.89. The first-order chi connectivity index (χ1) is 8.13. The summed E-state index contributed by atoms with van der Waals surface area (Å²) >= 11 is 0. The van der Waals surface area contributed by atoms with Gasteiger partial charge in [0.1, 0.15) is 12.4 Å². The molecule has 0 unspecified atom stereocenters. The maximum absolute atomic E-state index is 13.4. The van der Waals surface area contributed by atoms with E-state index in [0.717, 1.165) is 12.8 Å². The Bertz CT molecular complexity index is 489. The van der Waals surface area contributed by atoms with Crippen LogP contribution in [0.3, 0.4) is 0 Å². The minimum absolute atomic E-state index is 0.0684. The zero-order valence-electron chi connectivity index (χ0n) is 9.61. The molecule has 17 heavy (non-hydrogen) atoms. The predicted octanol–water partition coefficient (Wildman–Crippen LogP) is 2.26. The van der Waals surface area contributed by atoms with E-state index in [9.17, 15) is 9.18 Å². The Labute approximate surface area is 99.5 Å². The molecule has 0 heterocycles. The first kappa shape index (κ1) is 11.6. The molecule has 4 heteroatoms. The van der Waals surface area contributed by atoms with Gasteiger partial charge in [-0.05, 0) is 37.5 Å². The maximum atomic E-state index is 13.4. The van der Waals surface area contributed by atoms with Gasteiger partial charge in [-0.3, -0.25) is 4.79 Å². The summed E-state index contributed by atoms with van der Waals surface area (Å²) in [5.41, 5.74) is 0.829. The molecule has 88 valence electrons. The molecular weight excluding hydrogens is 219 g/mol.